The first kappa shape index (κ1) is 15.2. The Labute approximate surface area is 126 Å². The van der Waals surface area contributed by atoms with Crippen LogP contribution in [-0.4, -0.2) is 60.9 Å². The van der Waals surface area contributed by atoms with Crippen molar-refractivity contribution in [2.24, 2.45) is 5.73 Å². The van der Waals surface area contributed by atoms with Crippen LogP contribution in [0.1, 0.15) is 39.0 Å². The maximum absolute atomic E-state index is 12.3. The van der Waals surface area contributed by atoms with Gasteiger partial charge in [0.05, 0.1) is 23.6 Å². The summed E-state index contributed by atoms with van der Waals surface area (Å²) >= 11 is 0. The zero-order valence-electron chi connectivity index (χ0n) is 12.5. The summed E-state index contributed by atoms with van der Waals surface area (Å²) in [7, 11) is -2.99. The van der Waals surface area contributed by atoms with Gasteiger partial charge in [-0.15, -0.1) is 0 Å². The number of carbonyl (C=O) groups excluding carboxylic acids is 1. The van der Waals surface area contributed by atoms with Gasteiger partial charge in [-0.2, -0.15) is 0 Å². The molecule has 3 atom stereocenters. The highest BCUT2D eigenvalue weighted by Crippen LogP contribution is 2.34. The van der Waals surface area contributed by atoms with E-state index in [1.54, 1.807) is 0 Å². The Morgan fingerprint density at radius 1 is 1.33 bits per heavy atom. The van der Waals surface area contributed by atoms with E-state index in [0.717, 1.165) is 25.7 Å². The van der Waals surface area contributed by atoms with E-state index in [2.05, 4.69) is 10.2 Å². The molecule has 0 aromatic carbocycles. The fourth-order valence-electron chi connectivity index (χ4n) is 4.23. The van der Waals surface area contributed by atoms with Gasteiger partial charge >= 0.3 is 0 Å². The topological polar surface area (TPSA) is 92.5 Å². The highest BCUT2D eigenvalue weighted by molar-refractivity contribution is 7.91. The molecular weight excluding hydrogens is 290 g/mol. The zero-order chi connectivity index (χ0) is 15.3. The molecule has 3 saturated heterocycles. The van der Waals surface area contributed by atoms with Crippen molar-refractivity contribution >= 4 is 15.7 Å². The van der Waals surface area contributed by atoms with Crippen LogP contribution < -0.4 is 11.1 Å². The Morgan fingerprint density at radius 3 is 2.48 bits per heavy atom. The van der Waals surface area contributed by atoms with E-state index < -0.39 is 15.4 Å². The Hall–Kier alpha value is -0.660. The first-order chi connectivity index (χ1) is 9.76. The van der Waals surface area contributed by atoms with Gasteiger partial charge in [0, 0.05) is 18.1 Å². The normalized spacial score (nSPS) is 42.1. The molecule has 0 aromatic heterocycles. The first-order valence-corrected chi connectivity index (χ1v) is 9.61. The largest absolute Gasteiger partial charge is 0.349 e. The third-order valence-electron chi connectivity index (χ3n) is 5.19. The molecule has 3 aliphatic heterocycles. The number of nitrogens with two attached hydrogens (primary N) is 1. The highest BCUT2D eigenvalue weighted by atomic mass is 32.2. The molecule has 3 rings (SSSR count). The van der Waals surface area contributed by atoms with Gasteiger partial charge in [0.25, 0.3) is 0 Å². The summed E-state index contributed by atoms with van der Waals surface area (Å²) in [5, 5.41) is 2.95. The van der Waals surface area contributed by atoms with Crippen molar-refractivity contribution in [1.82, 2.24) is 10.2 Å². The molecule has 3 fully saturated rings. The second-order valence-corrected chi connectivity index (χ2v) is 9.42. The number of nitrogens with zero attached hydrogens (tertiary/aromatic N) is 1. The number of nitrogens with one attached hydrogen (secondary N) is 1. The van der Waals surface area contributed by atoms with Crippen LogP contribution >= 0.6 is 0 Å². The van der Waals surface area contributed by atoms with E-state index in [-0.39, 0.29) is 23.5 Å². The smallest absolute Gasteiger partial charge is 0.234 e. The number of hydrogen-bond donors (Lipinski definition) is 2. The van der Waals surface area contributed by atoms with Gasteiger partial charge in [0.15, 0.2) is 9.84 Å². The van der Waals surface area contributed by atoms with Gasteiger partial charge < -0.3 is 11.1 Å². The van der Waals surface area contributed by atoms with E-state index in [1.165, 1.54) is 0 Å². The predicted molar refractivity (Wildman–Crippen MR) is 80.5 cm³/mol. The van der Waals surface area contributed by atoms with Crippen LogP contribution in [0.5, 0.6) is 0 Å². The maximum Gasteiger partial charge on any atom is 0.234 e. The number of carbonyl (C=O) groups is 1. The quantitative estimate of drug-likeness (QED) is 0.741. The molecule has 3 aliphatic rings. The van der Waals surface area contributed by atoms with Crippen LogP contribution in [0.15, 0.2) is 0 Å². The fraction of sp³-hybridized carbons (Fsp3) is 0.929. The Kier molecular flexibility index (Phi) is 3.78. The SMILES string of the molecule is CC1(NC(=O)CN2C3CCC2CC(N)C3)CCS(=O)(=O)C1. The number of rotatable bonds is 3. The lowest BCUT2D eigenvalue weighted by atomic mass is 9.98. The molecule has 0 aromatic rings. The molecule has 1 amide bonds. The summed E-state index contributed by atoms with van der Waals surface area (Å²) in [6, 6.07) is 1.11. The molecule has 0 aliphatic carbocycles. The number of amides is 1. The number of fused-ring (bicyclic) bond motifs is 2. The van der Waals surface area contributed by atoms with Crippen molar-refractivity contribution in [3.8, 4) is 0 Å². The molecule has 6 nitrogen and oxygen atoms in total. The molecule has 3 N–H and O–H groups in total. The van der Waals surface area contributed by atoms with Crippen LogP contribution in [0.25, 0.3) is 0 Å². The zero-order valence-corrected chi connectivity index (χ0v) is 13.4. The molecule has 0 spiro atoms. The molecule has 3 unspecified atom stereocenters. The lowest BCUT2D eigenvalue weighted by Crippen LogP contribution is -2.54. The average Bonchev–Trinajstić information content (AvgIpc) is 2.75. The third-order valence-corrected chi connectivity index (χ3v) is 7.09. The van der Waals surface area contributed by atoms with Crippen LogP contribution in [0.4, 0.5) is 0 Å². The summed E-state index contributed by atoms with van der Waals surface area (Å²) in [6.07, 6.45) is 4.69. The van der Waals surface area contributed by atoms with E-state index in [1.807, 2.05) is 6.92 Å². The summed E-state index contributed by atoms with van der Waals surface area (Å²) in [6.45, 7) is 2.20. The van der Waals surface area contributed by atoms with Gasteiger partial charge in [-0.1, -0.05) is 0 Å². The van der Waals surface area contributed by atoms with Crippen molar-refractivity contribution in [3.05, 3.63) is 0 Å². The number of sulfone groups is 1. The monoisotopic (exact) mass is 315 g/mol. The minimum absolute atomic E-state index is 0.0537. The van der Waals surface area contributed by atoms with Crippen LogP contribution in [0.2, 0.25) is 0 Å². The summed E-state index contributed by atoms with van der Waals surface area (Å²) in [4.78, 5) is 14.6. The van der Waals surface area contributed by atoms with Crippen molar-refractivity contribution in [2.45, 2.75) is 62.7 Å². The molecule has 0 radical (unpaired) electrons. The van der Waals surface area contributed by atoms with Crippen molar-refractivity contribution in [1.29, 1.82) is 0 Å². The van der Waals surface area contributed by atoms with Crippen molar-refractivity contribution < 1.29 is 13.2 Å². The molecular formula is C14H25N3O3S. The van der Waals surface area contributed by atoms with Gasteiger partial charge in [-0.3, -0.25) is 9.69 Å². The van der Waals surface area contributed by atoms with E-state index >= 15 is 0 Å². The second kappa shape index (κ2) is 5.21. The summed E-state index contributed by atoms with van der Waals surface area (Å²) < 4.78 is 23.2. The van der Waals surface area contributed by atoms with Crippen molar-refractivity contribution in [3.63, 3.8) is 0 Å². The third kappa shape index (κ3) is 3.24. The molecule has 7 heteroatoms. The minimum atomic E-state index is -2.99. The fourth-order valence-corrected chi connectivity index (χ4v) is 6.32. The minimum Gasteiger partial charge on any atom is -0.349 e. The van der Waals surface area contributed by atoms with Gasteiger partial charge in [0.1, 0.15) is 0 Å². The van der Waals surface area contributed by atoms with Gasteiger partial charge in [-0.25, -0.2) is 8.42 Å². The van der Waals surface area contributed by atoms with Crippen LogP contribution in [-0.2, 0) is 14.6 Å². The lowest BCUT2D eigenvalue weighted by Gasteiger charge is -2.37. The number of piperidine rings is 1. The van der Waals surface area contributed by atoms with Crippen LogP contribution in [0.3, 0.4) is 0 Å². The lowest BCUT2D eigenvalue weighted by molar-refractivity contribution is -0.125. The number of hydrogen-bond acceptors (Lipinski definition) is 5. The Balaban J connectivity index is 1.58. The average molecular weight is 315 g/mol. The molecule has 3 heterocycles. The van der Waals surface area contributed by atoms with E-state index in [0.29, 0.717) is 25.0 Å². The Morgan fingerprint density at radius 2 is 1.95 bits per heavy atom. The standard InChI is InChI=1S/C14H25N3O3S/c1-14(4-5-21(19,20)9-14)16-13(18)8-17-11-2-3-12(17)7-10(15)6-11/h10-12H,2-9,15H2,1H3,(H,16,18). The maximum atomic E-state index is 12.3. The van der Waals surface area contributed by atoms with Crippen molar-refractivity contribution in [2.75, 3.05) is 18.1 Å². The molecule has 120 valence electrons. The first-order valence-electron chi connectivity index (χ1n) is 7.79. The predicted octanol–water partition coefficient (Wildman–Crippen LogP) is -0.366. The summed E-state index contributed by atoms with van der Waals surface area (Å²) in [5.41, 5.74) is 5.44. The molecule has 2 bridgehead atoms. The summed E-state index contributed by atoms with van der Waals surface area (Å²) in [5.74, 6) is 0.179. The highest BCUT2D eigenvalue weighted by Gasteiger charge is 2.42. The molecule has 0 saturated carbocycles. The van der Waals surface area contributed by atoms with Crippen LogP contribution in [0, 0.1) is 0 Å². The van der Waals surface area contributed by atoms with E-state index in [9.17, 15) is 13.2 Å². The second-order valence-electron chi connectivity index (χ2n) is 7.24. The Bertz CT molecular complexity index is 522. The van der Waals surface area contributed by atoms with E-state index in [4.69, 9.17) is 5.73 Å². The molecule has 21 heavy (non-hydrogen) atoms. The van der Waals surface area contributed by atoms with Gasteiger partial charge in [-0.05, 0) is 39.0 Å². The van der Waals surface area contributed by atoms with Gasteiger partial charge in [0.2, 0.25) is 5.91 Å².